The van der Waals surface area contributed by atoms with Crippen LogP contribution in [0.5, 0.6) is 0 Å². The van der Waals surface area contributed by atoms with Gasteiger partial charge in [-0.25, -0.2) is 13.4 Å². The molecule has 0 saturated carbocycles. The molecule has 3 aromatic carbocycles. The minimum absolute atomic E-state index is 0.103. The molecule has 0 aromatic heterocycles. The molecule has 0 radical (unpaired) electrons. The SMILES string of the molecule is CCN1CC(O)(c2ccccc2)C(c2ccc(Cl)cc2)N1S(=O)(=O)c1ccc(Cl)cc1. The van der Waals surface area contributed by atoms with Crippen LogP contribution < -0.4 is 0 Å². The van der Waals surface area contributed by atoms with Crippen LogP contribution in [0.2, 0.25) is 10.0 Å². The van der Waals surface area contributed by atoms with E-state index in [-0.39, 0.29) is 11.4 Å². The van der Waals surface area contributed by atoms with Crippen LogP contribution in [0.3, 0.4) is 0 Å². The second kappa shape index (κ2) is 8.54. The van der Waals surface area contributed by atoms with Gasteiger partial charge < -0.3 is 5.11 Å². The van der Waals surface area contributed by atoms with Crippen molar-refractivity contribution >= 4 is 33.2 Å². The normalized spacial score (nSPS) is 22.6. The largest absolute Gasteiger partial charge is 0.382 e. The van der Waals surface area contributed by atoms with Crippen LogP contribution in [-0.2, 0) is 15.6 Å². The molecule has 0 bridgehead atoms. The van der Waals surface area contributed by atoms with Crippen LogP contribution in [-0.4, -0.2) is 36.0 Å². The summed E-state index contributed by atoms with van der Waals surface area (Å²) in [5.41, 5.74) is -0.184. The summed E-state index contributed by atoms with van der Waals surface area (Å²) in [5.74, 6) is 0. The monoisotopic (exact) mass is 476 g/mol. The number of aliphatic hydroxyl groups is 1. The number of hydrazine groups is 1. The Kier molecular flexibility index (Phi) is 6.14. The first kappa shape index (κ1) is 22.3. The van der Waals surface area contributed by atoms with Crippen LogP contribution in [0.25, 0.3) is 0 Å². The second-order valence-electron chi connectivity index (χ2n) is 7.46. The maximum Gasteiger partial charge on any atom is 0.256 e. The lowest BCUT2D eigenvalue weighted by Crippen LogP contribution is -2.43. The molecular weight excluding hydrogens is 455 g/mol. The van der Waals surface area contributed by atoms with Crippen molar-refractivity contribution in [3.05, 3.63) is 100 Å². The van der Waals surface area contributed by atoms with Crippen LogP contribution in [0, 0.1) is 0 Å². The van der Waals surface area contributed by atoms with Gasteiger partial charge in [0, 0.05) is 23.1 Å². The average molecular weight is 477 g/mol. The van der Waals surface area contributed by atoms with Gasteiger partial charge >= 0.3 is 0 Å². The highest BCUT2D eigenvalue weighted by Gasteiger charge is 2.56. The zero-order valence-corrected chi connectivity index (χ0v) is 19.1. The zero-order valence-electron chi connectivity index (χ0n) is 16.8. The Labute approximate surface area is 192 Å². The molecule has 1 saturated heterocycles. The predicted molar refractivity (Wildman–Crippen MR) is 122 cm³/mol. The maximum absolute atomic E-state index is 13.8. The fourth-order valence-corrected chi connectivity index (χ4v) is 6.06. The molecule has 5 nitrogen and oxygen atoms in total. The van der Waals surface area contributed by atoms with Gasteiger partial charge in [-0.05, 0) is 47.5 Å². The predicted octanol–water partition coefficient (Wildman–Crippen LogP) is 4.86. The van der Waals surface area contributed by atoms with E-state index in [9.17, 15) is 13.5 Å². The number of nitrogens with zero attached hydrogens (tertiary/aromatic N) is 2. The Morgan fingerprint density at radius 2 is 1.48 bits per heavy atom. The Morgan fingerprint density at radius 1 is 0.935 bits per heavy atom. The topological polar surface area (TPSA) is 60.9 Å². The third kappa shape index (κ3) is 4.00. The minimum atomic E-state index is -4.00. The van der Waals surface area contributed by atoms with Gasteiger partial charge in [-0.1, -0.05) is 72.6 Å². The van der Waals surface area contributed by atoms with E-state index in [1.165, 1.54) is 16.5 Å². The standard InChI is InChI=1S/C23H22Cl2N2O3S/c1-2-26-16-23(28,18-6-4-3-5-7-18)22(17-8-10-19(24)11-9-17)27(26)31(29,30)21-14-12-20(25)13-15-21/h3-15,22,28H,2,16H2,1H3. The summed E-state index contributed by atoms with van der Waals surface area (Å²) in [6.45, 7) is 2.37. The quantitative estimate of drug-likeness (QED) is 0.570. The molecule has 8 heteroatoms. The number of β-amino-alcohol motifs (C(OH)–C–C–N with tert-alkyl or cyclic N) is 1. The van der Waals surface area contributed by atoms with Gasteiger partial charge in [0.15, 0.2) is 0 Å². The van der Waals surface area contributed by atoms with Gasteiger partial charge in [0.2, 0.25) is 0 Å². The van der Waals surface area contributed by atoms with E-state index in [0.29, 0.717) is 27.7 Å². The number of rotatable bonds is 5. The van der Waals surface area contributed by atoms with Gasteiger partial charge in [-0.2, -0.15) is 0 Å². The van der Waals surface area contributed by atoms with E-state index in [1.54, 1.807) is 41.4 Å². The summed E-state index contributed by atoms with van der Waals surface area (Å²) < 4.78 is 28.9. The van der Waals surface area contributed by atoms with Gasteiger partial charge in [0.05, 0.1) is 4.90 Å². The molecule has 1 N–H and O–H groups in total. The molecule has 4 rings (SSSR count). The summed E-state index contributed by atoms with van der Waals surface area (Å²) in [5, 5.41) is 14.6. The fraction of sp³-hybridized carbons (Fsp3) is 0.217. The smallest absolute Gasteiger partial charge is 0.256 e. The highest BCUT2D eigenvalue weighted by atomic mass is 35.5. The molecule has 1 aliphatic rings. The Bertz CT molecular complexity index is 1160. The van der Waals surface area contributed by atoms with Crippen molar-refractivity contribution in [3.8, 4) is 0 Å². The zero-order chi connectivity index (χ0) is 22.2. The highest BCUT2D eigenvalue weighted by Crippen LogP contribution is 2.48. The lowest BCUT2D eigenvalue weighted by atomic mass is 9.84. The first-order valence-electron chi connectivity index (χ1n) is 9.85. The molecule has 1 aliphatic heterocycles. The Hall–Kier alpha value is -1.93. The summed E-state index contributed by atoms with van der Waals surface area (Å²) in [4.78, 5) is 0.103. The molecule has 162 valence electrons. The van der Waals surface area contributed by atoms with Crippen molar-refractivity contribution in [2.45, 2.75) is 23.5 Å². The second-order valence-corrected chi connectivity index (χ2v) is 10.1. The van der Waals surface area contributed by atoms with Crippen molar-refractivity contribution in [2.24, 2.45) is 0 Å². The van der Waals surface area contributed by atoms with Gasteiger partial charge in [-0.15, -0.1) is 4.41 Å². The van der Waals surface area contributed by atoms with E-state index < -0.39 is 21.7 Å². The van der Waals surface area contributed by atoms with Crippen molar-refractivity contribution in [2.75, 3.05) is 13.1 Å². The molecular formula is C23H22Cl2N2O3S. The van der Waals surface area contributed by atoms with E-state index in [2.05, 4.69) is 0 Å². The van der Waals surface area contributed by atoms with Crippen molar-refractivity contribution < 1.29 is 13.5 Å². The molecule has 0 spiro atoms. The Morgan fingerprint density at radius 3 is 2.03 bits per heavy atom. The van der Waals surface area contributed by atoms with Gasteiger partial charge in [0.1, 0.15) is 11.6 Å². The minimum Gasteiger partial charge on any atom is -0.382 e. The van der Waals surface area contributed by atoms with Crippen LogP contribution >= 0.6 is 23.2 Å². The van der Waals surface area contributed by atoms with Gasteiger partial charge in [-0.3, -0.25) is 0 Å². The van der Waals surface area contributed by atoms with E-state index in [4.69, 9.17) is 23.2 Å². The molecule has 1 fully saturated rings. The van der Waals surface area contributed by atoms with E-state index in [1.807, 2.05) is 37.3 Å². The Balaban J connectivity index is 1.92. The third-order valence-electron chi connectivity index (χ3n) is 5.56. The number of benzene rings is 3. The molecule has 1 heterocycles. The van der Waals surface area contributed by atoms with Crippen molar-refractivity contribution in [1.29, 1.82) is 0 Å². The highest BCUT2D eigenvalue weighted by molar-refractivity contribution is 7.89. The van der Waals surface area contributed by atoms with Crippen molar-refractivity contribution in [1.82, 2.24) is 9.42 Å². The van der Waals surface area contributed by atoms with Crippen LogP contribution in [0.4, 0.5) is 0 Å². The summed E-state index contributed by atoms with van der Waals surface area (Å²) >= 11 is 12.1. The first-order chi connectivity index (χ1) is 14.8. The summed E-state index contributed by atoms with van der Waals surface area (Å²) in [6.07, 6.45) is 0. The van der Waals surface area contributed by atoms with E-state index >= 15 is 0 Å². The number of hydrogen-bond donors (Lipinski definition) is 1. The van der Waals surface area contributed by atoms with Crippen molar-refractivity contribution in [3.63, 3.8) is 0 Å². The fourth-order valence-electron chi connectivity index (χ4n) is 4.06. The average Bonchev–Trinajstić information content (AvgIpc) is 3.10. The van der Waals surface area contributed by atoms with Crippen LogP contribution in [0.1, 0.15) is 24.1 Å². The summed E-state index contributed by atoms with van der Waals surface area (Å²) in [6, 6.07) is 21.2. The van der Waals surface area contributed by atoms with E-state index in [0.717, 1.165) is 0 Å². The molecule has 2 atom stereocenters. The van der Waals surface area contributed by atoms with Gasteiger partial charge in [0.25, 0.3) is 10.0 Å². The third-order valence-corrected chi connectivity index (χ3v) is 7.86. The lowest BCUT2D eigenvalue weighted by molar-refractivity contribution is 0.0220. The number of hydrogen-bond acceptors (Lipinski definition) is 4. The molecule has 31 heavy (non-hydrogen) atoms. The van der Waals surface area contributed by atoms with Crippen LogP contribution in [0.15, 0.2) is 83.8 Å². The molecule has 2 unspecified atom stereocenters. The number of halogens is 2. The first-order valence-corrected chi connectivity index (χ1v) is 12.0. The number of likely N-dealkylation sites (N-methyl/N-ethyl adjacent to an activating group) is 1. The molecule has 0 aliphatic carbocycles. The maximum atomic E-state index is 13.8. The summed E-state index contributed by atoms with van der Waals surface area (Å²) in [7, 11) is -4.00. The molecule has 0 amide bonds. The number of sulfonamides is 1. The lowest BCUT2D eigenvalue weighted by Gasteiger charge is -2.34. The molecule has 3 aromatic rings.